The topological polar surface area (TPSA) is 73.5 Å². The van der Waals surface area contributed by atoms with Gasteiger partial charge in [0.2, 0.25) is 0 Å². The van der Waals surface area contributed by atoms with E-state index in [2.05, 4.69) is 20.9 Å². The fourth-order valence-corrected chi connectivity index (χ4v) is 3.79. The number of amides is 3. The maximum absolute atomic E-state index is 13.4. The predicted molar refractivity (Wildman–Crippen MR) is 126 cm³/mol. The standard InChI is InChI=1S/C24H21ClF2N4O2/c25-19-13-17(7-9-20(19)27)29-24(33)30-21-14-18(8-10-22(21)31-11-1-2-12-31)28-23(32)15-3-5-16(26)6-4-15/h3-10,13-14H,1-2,11-12H2,(H,28,32)(H2,29,30,33). The van der Waals surface area contributed by atoms with Gasteiger partial charge in [-0.1, -0.05) is 11.6 Å². The van der Waals surface area contributed by atoms with Gasteiger partial charge < -0.3 is 20.9 Å². The minimum atomic E-state index is -0.580. The first-order valence-corrected chi connectivity index (χ1v) is 10.8. The number of hydrogen-bond acceptors (Lipinski definition) is 3. The Hall–Kier alpha value is -3.65. The summed E-state index contributed by atoms with van der Waals surface area (Å²) in [4.78, 5) is 27.3. The summed E-state index contributed by atoms with van der Waals surface area (Å²) in [7, 11) is 0. The van der Waals surface area contributed by atoms with Crippen molar-refractivity contribution < 1.29 is 18.4 Å². The highest BCUT2D eigenvalue weighted by Crippen LogP contribution is 2.32. The molecule has 3 amide bonds. The van der Waals surface area contributed by atoms with Crippen molar-refractivity contribution in [3.8, 4) is 0 Å². The van der Waals surface area contributed by atoms with Gasteiger partial charge in [0.05, 0.1) is 16.4 Å². The zero-order chi connectivity index (χ0) is 23.4. The smallest absolute Gasteiger partial charge is 0.323 e. The van der Waals surface area contributed by atoms with Crippen LogP contribution in [-0.2, 0) is 0 Å². The molecule has 0 aliphatic carbocycles. The second-order valence-electron chi connectivity index (χ2n) is 7.60. The number of carbonyl (C=O) groups excluding carboxylic acids is 2. The third kappa shape index (κ3) is 5.59. The summed E-state index contributed by atoms with van der Waals surface area (Å²) in [6.07, 6.45) is 2.09. The lowest BCUT2D eigenvalue weighted by Gasteiger charge is -2.22. The van der Waals surface area contributed by atoms with Gasteiger partial charge in [0.1, 0.15) is 11.6 Å². The van der Waals surface area contributed by atoms with Crippen LogP contribution in [0.2, 0.25) is 5.02 Å². The van der Waals surface area contributed by atoms with Gasteiger partial charge in [-0.2, -0.15) is 0 Å². The van der Waals surface area contributed by atoms with Crippen LogP contribution in [0, 0.1) is 11.6 Å². The van der Waals surface area contributed by atoms with Gasteiger partial charge in [-0.15, -0.1) is 0 Å². The number of nitrogens with zero attached hydrogens (tertiary/aromatic N) is 1. The highest BCUT2D eigenvalue weighted by Gasteiger charge is 2.18. The second-order valence-corrected chi connectivity index (χ2v) is 8.00. The SMILES string of the molecule is O=C(Nc1ccc(F)c(Cl)c1)Nc1cc(NC(=O)c2ccc(F)cc2)ccc1N1CCCC1. The van der Waals surface area contributed by atoms with Gasteiger partial charge in [-0.05, 0) is 73.5 Å². The van der Waals surface area contributed by atoms with E-state index >= 15 is 0 Å². The van der Waals surface area contributed by atoms with Crippen molar-refractivity contribution in [1.82, 2.24) is 0 Å². The zero-order valence-electron chi connectivity index (χ0n) is 17.5. The van der Waals surface area contributed by atoms with Crippen molar-refractivity contribution in [2.45, 2.75) is 12.8 Å². The molecule has 6 nitrogen and oxygen atoms in total. The molecule has 1 aliphatic rings. The molecule has 170 valence electrons. The molecule has 0 saturated carbocycles. The number of rotatable bonds is 5. The maximum atomic E-state index is 13.4. The van der Waals surface area contributed by atoms with Crippen LogP contribution in [0.3, 0.4) is 0 Å². The highest BCUT2D eigenvalue weighted by atomic mass is 35.5. The first kappa shape index (κ1) is 22.5. The largest absolute Gasteiger partial charge is 0.370 e. The lowest BCUT2D eigenvalue weighted by Crippen LogP contribution is -2.24. The number of halogens is 3. The molecule has 3 aromatic rings. The number of hydrogen-bond donors (Lipinski definition) is 3. The molecule has 3 aromatic carbocycles. The van der Waals surface area contributed by atoms with Crippen LogP contribution in [0.15, 0.2) is 60.7 Å². The molecule has 1 aliphatic heterocycles. The summed E-state index contributed by atoms with van der Waals surface area (Å²) in [6, 6.07) is 13.8. The van der Waals surface area contributed by atoms with Crippen molar-refractivity contribution in [3.63, 3.8) is 0 Å². The van der Waals surface area contributed by atoms with Crippen LogP contribution < -0.4 is 20.9 Å². The molecule has 4 rings (SSSR count). The summed E-state index contributed by atoms with van der Waals surface area (Å²) in [5, 5.41) is 8.09. The first-order chi connectivity index (χ1) is 15.9. The summed E-state index contributed by atoms with van der Waals surface area (Å²) in [5.74, 6) is -1.41. The molecule has 1 heterocycles. The third-order valence-electron chi connectivity index (χ3n) is 5.23. The molecule has 0 atom stereocenters. The lowest BCUT2D eigenvalue weighted by molar-refractivity contribution is 0.102. The van der Waals surface area contributed by atoms with Crippen LogP contribution >= 0.6 is 11.6 Å². The number of urea groups is 1. The molecule has 3 N–H and O–H groups in total. The van der Waals surface area contributed by atoms with Gasteiger partial charge in [0.25, 0.3) is 5.91 Å². The summed E-state index contributed by atoms with van der Waals surface area (Å²) in [6.45, 7) is 1.70. The van der Waals surface area contributed by atoms with Crippen molar-refractivity contribution in [2.24, 2.45) is 0 Å². The quantitative estimate of drug-likeness (QED) is 0.421. The Morgan fingerprint density at radius 3 is 2.18 bits per heavy atom. The average molecular weight is 471 g/mol. The summed E-state index contributed by atoms with van der Waals surface area (Å²) in [5.41, 5.74) is 2.43. The monoisotopic (exact) mass is 470 g/mol. The minimum Gasteiger partial charge on any atom is -0.370 e. The van der Waals surface area contributed by atoms with E-state index < -0.39 is 23.6 Å². The molecule has 33 heavy (non-hydrogen) atoms. The molecule has 0 radical (unpaired) electrons. The number of carbonyl (C=O) groups is 2. The van der Waals surface area contributed by atoms with Crippen molar-refractivity contribution in [1.29, 1.82) is 0 Å². The molecule has 0 bridgehead atoms. The molecule has 1 fully saturated rings. The second kappa shape index (κ2) is 9.87. The highest BCUT2D eigenvalue weighted by molar-refractivity contribution is 6.31. The normalized spacial score (nSPS) is 13.0. The fourth-order valence-electron chi connectivity index (χ4n) is 3.61. The molecule has 0 aromatic heterocycles. The summed E-state index contributed by atoms with van der Waals surface area (Å²) < 4.78 is 26.5. The Morgan fingerprint density at radius 2 is 1.48 bits per heavy atom. The van der Waals surface area contributed by atoms with Gasteiger partial charge in [-0.25, -0.2) is 13.6 Å². The number of nitrogens with one attached hydrogen (secondary N) is 3. The Morgan fingerprint density at radius 1 is 0.818 bits per heavy atom. The van der Waals surface area contributed by atoms with E-state index in [1.165, 1.54) is 42.5 Å². The Labute approximate surface area is 194 Å². The van der Waals surface area contributed by atoms with Gasteiger partial charge >= 0.3 is 6.03 Å². The Kier molecular flexibility index (Phi) is 6.74. The van der Waals surface area contributed by atoms with Crippen LogP contribution in [0.5, 0.6) is 0 Å². The van der Waals surface area contributed by atoms with E-state index in [4.69, 9.17) is 11.6 Å². The maximum Gasteiger partial charge on any atom is 0.323 e. The predicted octanol–water partition coefficient (Wildman–Crippen LogP) is 6.11. The molecule has 9 heteroatoms. The fraction of sp³-hybridized carbons (Fsp3) is 0.167. The van der Waals surface area contributed by atoms with Gasteiger partial charge in [0.15, 0.2) is 0 Å². The molecule has 1 saturated heterocycles. The van der Waals surface area contributed by atoms with Crippen LogP contribution in [-0.4, -0.2) is 25.0 Å². The van der Waals surface area contributed by atoms with E-state index in [0.717, 1.165) is 31.6 Å². The average Bonchev–Trinajstić information content (AvgIpc) is 3.31. The van der Waals surface area contributed by atoms with Crippen LogP contribution in [0.4, 0.5) is 36.3 Å². The van der Waals surface area contributed by atoms with Gasteiger partial charge in [-0.3, -0.25) is 4.79 Å². The van der Waals surface area contributed by atoms with Crippen molar-refractivity contribution >= 4 is 46.3 Å². The number of anilines is 4. The zero-order valence-corrected chi connectivity index (χ0v) is 18.3. The Balaban J connectivity index is 1.54. The van der Waals surface area contributed by atoms with E-state index in [1.54, 1.807) is 12.1 Å². The van der Waals surface area contributed by atoms with Crippen LogP contribution in [0.1, 0.15) is 23.2 Å². The third-order valence-corrected chi connectivity index (χ3v) is 5.52. The van der Waals surface area contributed by atoms with E-state index in [9.17, 15) is 18.4 Å². The number of benzene rings is 3. The molecular weight excluding hydrogens is 450 g/mol. The Bertz CT molecular complexity index is 1180. The van der Waals surface area contributed by atoms with Crippen molar-refractivity contribution in [2.75, 3.05) is 33.9 Å². The van der Waals surface area contributed by atoms with E-state index in [1.807, 2.05) is 6.07 Å². The minimum absolute atomic E-state index is 0.101. The van der Waals surface area contributed by atoms with Gasteiger partial charge in [0, 0.05) is 30.0 Å². The first-order valence-electron chi connectivity index (χ1n) is 10.4. The molecule has 0 unspecified atom stereocenters. The van der Waals surface area contributed by atoms with Crippen molar-refractivity contribution in [3.05, 3.63) is 82.9 Å². The summed E-state index contributed by atoms with van der Waals surface area (Å²) >= 11 is 5.78. The van der Waals surface area contributed by atoms with Crippen LogP contribution in [0.25, 0.3) is 0 Å². The lowest BCUT2D eigenvalue weighted by atomic mass is 10.2. The van der Waals surface area contributed by atoms with E-state index in [-0.39, 0.29) is 5.02 Å². The van der Waals surface area contributed by atoms with E-state index in [0.29, 0.717) is 22.6 Å². The molecule has 0 spiro atoms. The molecular formula is C24H21ClF2N4O2.